The molecule has 2 aromatic heterocycles. The van der Waals surface area contributed by atoms with Crippen LogP contribution in [-0.2, 0) is 4.79 Å². The molecule has 0 radical (unpaired) electrons. The highest BCUT2D eigenvalue weighted by Crippen LogP contribution is 2.17. The third-order valence-electron chi connectivity index (χ3n) is 4.41. The summed E-state index contributed by atoms with van der Waals surface area (Å²) in [6.45, 7) is 1.74. The average Bonchev–Trinajstić information content (AvgIpc) is 3.15. The molecule has 0 saturated carbocycles. The van der Waals surface area contributed by atoms with Gasteiger partial charge in [0.05, 0.1) is 22.9 Å². The minimum Gasteiger partial charge on any atom is -0.318 e. The Labute approximate surface area is 155 Å². The van der Waals surface area contributed by atoms with E-state index in [-0.39, 0.29) is 11.6 Å². The predicted octanol–water partition coefficient (Wildman–Crippen LogP) is 2.61. The van der Waals surface area contributed by atoms with Crippen LogP contribution in [0.1, 0.15) is 23.5 Å². The monoisotopic (exact) mass is 359 g/mol. The van der Waals surface area contributed by atoms with E-state index in [9.17, 15) is 9.59 Å². The fourth-order valence-electron chi connectivity index (χ4n) is 2.89. The molecule has 0 spiro atoms. The lowest BCUT2D eigenvalue weighted by Gasteiger charge is -2.15. The van der Waals surface area contributed by atoms with Crippen LogP contribution in [0.3, 0.4) is 0 Å². The maximum absolute atomic E-state index is 12.4. The van der Waals surface area contributed by atoms with Gasteiger partial charge >= 0.3 is 0 Å². The fourth-order valence-corrected chi connectivity index (χ4v) is 2.89. The number of para-hydroxylation sites is 3. The van der Waals surface area contributed by atoms with Crippen LogP contribution in [-0.4, -0.2) is 26.3 Å². The van der Waals surface area contributed by atoms with Gasteiger partial charge in [-0.25, -0.2) is 9.97 Å². The second-order valence-electron chi connectivity index (χ2n) is 6.15. The highest BCUT2D eigenvalue weighted by Gasteiger charge is 2.18. The van der Waals surface area contributed by atoms with Crippen molar-refractivity contribution in [3.8, 4) is 0 Å². The van der Waals surface area contributed by atoms with Crippen LogP contribution in [0.5, 0.6) is 0 Å². The number of imidazole rings is 1. The second kappa shape index (κ2) is 6.87. The highest BCUT2D eigenvalue weighted by molar-refractivity contribution is 5.96. The molecule has 2 amide bonds. The lowest BCUT2D eigenvalue weighted by atomic mass is 10.2. The highest BCUT2D eigenvalue weighted by atomic mass is 16.2. The summed E-state index contributed by atoms with van der Waals surface area (Å²) in [7, 11) is 0. The van der Waals surface area contributed by atoms with Crippen LogP contribution in [0.25, 0.3) is 21.9 Å². The van der Waals surface area contributed by atoms with Gasteiger partial charge in [-0.2, -0.15) is 0 Å². The van der Waals surface area contributed by atoms with E-state index in [0.29, 0.717) is 0 Å². The van der Waals surface area contributed by atoms with E-state index in [1.807, 2.05) is 54.6 Å². The predicted molar refractivity (Wildman–Crippen MR) is 102 cm³/mol. The Morgan fingerprint density at radius 3 is 2.52 bits per heavy atom. The van der Waals surface area contributed by atoms with E-state index in [2.05, 4.69) is 20.8 Å². The molecule has 0 aliphatic heterocycles. The van der Waals surface area contributed by atoms with Crippen LogP contribution in [0.4, 0.5) is 0 Å². The Hall–Kier alpha value is -3.74. The number of aromatic nitrogens is 3. The van der Waals surface area contributed by atoms with Crippen LogP contribution < -0.4 is 10.9 Å². The molecule has 134 valence electrons. The first-order valence-electron chi connectivity index (χ1n) is 8.51. The number of hydrazine groups is 1. The number of amides is 2. The summed E-state index contributed by atoms with van der Waals surface area (Å²) >= 11 is 0. The van der Waals surface area contributed by atoms with Gasteiger partial charge in [-0.15, -0.1) is 0 Å². The number of carbonyl (C=O) groups is 2. The van der Waals surface area contributed by atoms with E-state index >= 15 is 0 Å². The van der Waals surface area contributed by atoms with Crippen molar-refractivity contribution in [3.05, 3.63) is 72.7 Å². The molecule has 2 heterocycles. The second-order valence-corrected chi connectivity index (χ2v) is 6.15. The number of nitrogens with zero attached hydrogens (tertiary/aromatic N) is 3. The minimum absolute atomic E-state index is 0.231. The molecule has 2 N–H and O–H groups in total. The van der Waals surface area contributed by atoms with E-state index < -0.39 is 11.9 Å². The quantitative estimate of drug-likeness (QED) is 0.550. The molecule has 0 aliphatic rings. The first kappa shape index (κ1) is 16.7. The minimum atomic E-state index is -0.540. The molecular formula is C20H17N5O2. The first-order valence-corrected chi connectivity index (χ1v) is 8.51. The van der Waals surface area contributed by atoms with E-state index in [1.165, 1.54) is 0 Å². The lowest BCUT2D eigenvalue weighted by Crippen LogP contribution is -2.44. The van der Waals surface area contributed by atoms with Gasteiger partial charge in [0.15, 0.2) is 0 Å². The Morgan fingerprint density at radius 2 is 1.67 bits per heavy atom. The van der Waals surface area contributed by atoms with Crippen molar-refractivity contribution in [1.82, 2.24) is 25.4 Å². The topological polar surface area (TPSA) is 88.9 Å². The van der Waals surface area contributed by atoms with Crippen molar-refractivity contribution in [2.24, 2.45) is 0 Å². The number of fused-ring (bicyclic) bond motifs is 2. The number of hydrogen-bond donors (Lipinski definition) is 2. The maximum atomic E-state index is 12.4. The number of rotatable bonds is 3. The van der Waals surface area contributed by atoms with Gasteiger partial charge in [0.25, 0.3) is 11.8 Å². The first-order chi connectivity index (χ1) is 13.1. The molecule has 2 aromatic carbocycles. The lowest BCUT2D eigenvalue weighted by molar-refractivity contribution is -0.124. The smallest absolute Gasteiger partial charge is 0.288 e. The zero-order chi connectivity index (χ0) is 18.8. The fraction of sp³-hybridized carbons (Fsp3) is 0.100. The van der Waals surface area contributed by atoms with Crippen LogP contribution >= 0.6 is 0 Å². The molecule has 4 rings (SSSR count). The van der Waals surface area contributed by atoms with Crippen molar-refractivity contribution < 1.29 is 9.59 Å². The van der Waals surface area contributed by atoms with Gasteiger partial charge in [0.1, 0.15) is 11.7 Å². The van der Waals surface area contributed by atoms with Crippen LogP contribution in [0.15, 0.2) is 67.0 Å². The number of benzene rings is 2. The molecule has 27 heavy (non-hydrogen) atoms. The Balaban J connectivity index is 1.45. The number of carbonyl (C=O) groups excluding carboxylic acids is 2. The third kappa shape index (κ3) is 3.22. The van der Waals surface area contributed by atoms with Crippen LogP contribution in [0.2, 0.25) is 0 Å². The van der Waals surface area contributed by atoms with Gasteiger partial charge in [0.2, 0.25) is 0 Å². The summed E-state index contributed by atoms with van der Waals surface area (Å²) in [5.41, 5.74) is 7.48. The summed E-state index contributed by atoms with van der Waals surface area (Å²) in [4.78, 5) is 33.3. The summed E-state index contributed by atoms with van der Waals surface area (Å²) in [6.07, 6.45) is 1.61. The maximum Gasteiger partial charge on any atom is 0.288 e. The number of nitrogens with one attached hydrogen (secondary N) is 2. The Morgan fingerprint density at radius 1 is 0.926 bits per heavy atom. The van der Waals surface area contributed by atoms with Gasteiger partial charge in [-0.3, -0.25) is 20.4 Å². The van der Waals surface area contributed by atoms with Gasteiger partial charge in [0, 0.05) is 5.39 Å². The normalized spacial score (nSPS) is 12.0. The van der Waals surface area contributed by atoms with Gasteiger partial charge in [-0.1, -0.05) is 36.4 Å². The van der Waals surface area contributed by atoms with Crippen molar-refractivity contribution >= 4 is 33.8 Å². The molecular weight excluding hydrogens is 342 g/mol. The zero-order valence-electron chi connectivity index (χ0n) is 14.6. The van der Waals surface area contributed by atoms with Crippen molar-refractivity contribution in [2.75, 3.05) is 0 Å². The molecule has 0 saturated heterocycles. The van der Waals surface area contributed by atoms with E-state index in [4.69, 9.17) is 0 Å². The summed E-state index contributed by atoms with van der Waals surface area (Å²) < 4.78 is 1.76. The Bertz CT molecular complexity index is 1150. The standard InChI is InChI=1S/C20H17N5O2/c1-13(25-12-21-16-8-4-5-9-18(16)25)19(26)23-24-20(27)17-11-10-14-6-2-3-7-15(14)22-17/h2-13H,1H3,(H,23,26)(H,24,27). The number of hydrogen-bond acceptors (Lipinski definition) is 4. The Kier molecular flexibility index (Phi) is 4.25. The molecule has 0 aliphatic carbocycles. The third-order valence-corrected chi connectivity index (χ3v) is 4.41. The average molecular weight is 359 g/mol. The SMILES string of the molecule is CC(C(=O)NNC(=O)c1ccc2ccccc2n1)n1cnc2ccccc21. The molecule has 1 atom stereocenters. The summed E-state index contributed by atoms with van der Waals surface area (Å²) in [5, 5.41) is 0.943. The zero-order valence-corrected chi connectivity index (χ0v) is 14.6. The van der Waals surface area contributed by atoms with Crippen molar-refractivity contribution in [2.45, 2.75) is 13.0 Å². The van der Waals surface area contributed by atoms with E-state index in [0.717, 1.165) is 21.9 Å². The van der Waals surface area contributed by atoms with Gasteiger partial charge in [-0.05, 0) is 31.2 Å². The molecule has 7 nitrogen and oxygen atoms in total. The molecule has 4 aromatic rings. The molecule has 0 fully saturated rings. The van der Waals surface area contributed by atoms with Crippen LogP contribution in [0, 0.1) is 0 Å². The van der Waals surface area contributed by atoms with Gasteiger partial charge < -0.3 is 4.57 Å². The molecule has 1 unspecified atom stereocenters. The largest absolute Gasteiger partial charge is 0.318 e. The van der Waals surface area contributed by atoms with Crippen molar-refractivity contribution in [3.63, 3.8) is 0 Å². The summed E-state index contributed by atoms with van der Waals surface area (Å²) in [6, 6.07) is 18.0. The number of pyridine rings is 1. The van der Waals surface area contributed by atoms with Crippen molar-refractivity contribution in [1.29, 1.82) is 0 Å². The molecule has 0 bridgehead atoms. The summed E-state index contributed by atoms with van der Waals surface area (Å²) in [5.74, 6) is -0.830. The van der Waals surface area contributed by atoms with E-state index in [1.54, 1.807) is 23.9 Å². The molecule has 7 heteroatoms.